The summed E-state index contributed by atoms with van der Waals surface area (Å²) in [6.07, 6.45) is 0. The van der Waals surface area contributed by atoms with Crippen LogP contribution in [0.3, 0.4) is 0 Å². The Morgan fingerprint density at radius 3 is 1.47 bits per heavy atom. The lowest BCUT2D eigenvalue weighted by Crippen LogP contribution is -2.26. The minimum atomic E-state index is -0.594. The van der Waals surface area contributed by atoms with Gasteiger partial charge in [-0.25, -0.2) is 0 Å². The molecule has 1 spiro atoms. The van der Waals surface area contributed by atoms with Gasteiger partial charge < -0.3 is 9.80 Å². The summed E-state index contributed by atoms with van der Waals surface area (Å²) in [5.41, 5.74) is 20.0. The van der Waals surface area contributed by atoms with Crippen LogP contribution in [0.2, 0.25) is 0 Å². The molecule has 2 aliphatic rings. The molecule has 3 heteroatoms. The minimum absolute atomic E-state index is 0.594. The first kappa shape index (κ1) is 38.2. The van der Waals surface area contributed by atoms with Gasteiger partial charge in [0.25, 0.3) is 0 Å². The highest BCUT2D eigenvalue weighted by molar-refractivity contribution is 7.22. The predicted octanol–water partition coefficient (Wildman–Crippen LogP) is 17.5. The molecule has 1 unspecified atom stereocenters. The first-order valence-electron chi connectivity index (χ1n) is 22.7. The van der Waals surface area contributed by atoms with E-state index in [2.05, 4.69) is 265 Å². The number of para-hydroxylation sites is 3. The maximum absolute atomic E-state index is 2.52. The van der Waals surface area contributed by atoms with E-state index in [1.54, 1.807) is 0 Å². The fourth-order valence-electron chi connectivity index (χ4n) is 10.9. The molecular weight excluding hydrogens is 817 g/mol. The van der Waals surface area contributed by atoms with Gasteiger partial charge in [0.05, 0.1) is 11.1 Å². The van der Waals surface area contributed by atoms with Gasteiger partial charge in [0.1, 0.15) is 0 Å². The van der Waals surface area contributed by atoms with Crippen molar-refractivity contribution in [1.29, 1.82) is 0 Å². The summed E-state index contributed by atoms with van der Waals surface area (Å²) < 4.78 is 1.31. The molecule has 310 valence electrons. The standard InChI is InChI=1S/C63H42N2S/c1-5-19-43(20-6-1)44-33-35-48(36-34-44)65(59-31-17-14-27-51(59)45-21-7-2-8-22-45)50-37-39-53-52-28-13-16-30-56(52)63(57(53)42-50)58-41-49(64(46-23-9-3-10-24-46)47-25-11-4-12-26-47)38-40-54(58)62-61(63)55-29-15-18-32-60(55)66-62/h1-42H. The monoisotopic (exact) mass is 858 g/mol. The van der Waals surface area contributed by atoms with Gasteiger partial charge in [-0.3, -0.25) is 0 Å². The van der Waals surface area contributed by atoms with Gasteiger partial charge in [-0.15, -0.1) is 11.3 Å². The number of hydrogen-bond acceptors (Lipinski definition) is 3. The van der Waals surface area contributed by atoms with Gasteiger partial charge in [0, 0.05) is 43.6 Å². The topological polar surface area (TPSA) is 6.48 Å². The van der Waals surface area contributed by atoms with Crippen LogP contribution in [-0.2, 0) is 5.41 Å². The van der Waals surface area contributed by atoms with Crippen molar-refractivity contribution in [3.8, 4) is 43.8 Å². The molecule has 2 aliphatic carbocycles. The third-order valence-corrected chi connectivity index (χ3v) is 14.9. The Hall–Kier alpha value is -8.24. The van der Waals surface area contributed by atoms with E-state index in [0.717, 1.165) is 34.1 Å². The lowest BCUT2D eigenvalue weighted by Gasteiger charge is -2.33. The highest BCUT2D eigenvalue weighted by atomic mass is 32.1. The van der Waals surface area contributed by atoms with Gasteiger partial charge in [-0.1, -0.05) is 182 Å². The molecule has 1 aromatic heterocycles. The number of fused-ring (bicyclic) bond motifs is 12. The lowest BCUT2D eigenvalue weighted by atomic mass is 9.70. The van der Waals surface area contributed by atoms with E-state index in [-0.39, 0.29) is 0 Å². The Labute approximate surface area is 389 Å². The molecule has 10 aromatic carbocycles. The van der Waals surface area contributed by atoms with Crippen LogP contribution in [0.1, 0.15) is 22.3 Å². The molecule has 0 radical (unpaired) electrons. The normalized spacial score (nSPS) is 14.1. The average Bonchev–Trinajstić information content (AvgIpc) is 4.01. The van der Waals surface area contributed by atoms with E-state index in [1.165, 1.54) is 76.2 Å². The first-order valence-corrected chi connectivity index (χ1v) is 23.5. The second kappa shape index (κ2) is 15.5. The Morgan fingerprint density at radius 2 is 0.773 bits per heavy atom. The Morgan fingerprint density at radius 1 is 0.303 bits per heavy atom. The number of rotatable bonds is 8. The lowest BCUT2D eigenvalue weighted by molar-refractivity contribution is 0.802. The molecule has 1 heterocycles. The van der Waals surface area contributed by atoms with Crippen molar-refractivity contribution in [3.05, 3.63) is 277 Å². The summed E-state index contributed by atoms with van der Waals surface area (Å²) in [7, 11) is 0. The number of anilines is 6. The highest BCUT2D eigenvalue weighted by Crippen LogP contribution is 2.67. The molecule has 0 aliphatic heterocycles. The summed E-state index contributed by atoms with van der Waals surface area (Å²) in [5.74, 6) is 0. The van der Waals surface area contributed by atoms with Gasteiger partial charge in [-0.05, 0) is 134 Å². The quantitative estimate of drug-likeness (QED) is 0.150. The summed E-state index contributed by atoms with van der Waals surface area (Å²) in [4.78, 5) is 6.22. The number of hydrogen-bond donors (Lipinski definition) is 0. The molecular formula is C63H42N2S. The van der Waals surface area contributed by atoms with Crippen LogP contribution >= 0.6 is 11.3 Å². The average molecular weight is 859 g/mol. The van der Waals surface area contributed by atoms with Gasteiger partial charge in [0.2, 0.25) is 0 Å². The van der Waals surface area contributed by atoms with E-state index in [1.807, 2.05) is 11.3 Å². The van der Waals surface area contributed by atoms with Crippen molar-refractivity contribution in [2.45, 2.75) is 5.41 Å². The molecule has 1 atom stereocenters. The number of benzene rings is 10. The first-order chi connectivity index (χ1) is 32.8. The SMILES string of the molecule is c1ccc(-c2ccc(N(c3ccc4c(c3)C3(c5ccccc5-4)c4cc(N(c5ccccc5)c5ccccc5)ccc4-c4sc5ccccc5c43)c3ccccc3-c3ccccc3)cc2)cc1. The van der Waals surface area contributed by atoms with Crippen molar-refractivity contribution in [1.82, 2.24) is 0 Å². The minimum Gasteiger partial charge on any atom is -0.310 e. The fraction of sp³-hybridized carbons (Fsp3) is 0.0159. The maximum Gasteiger partial charge on any atom is 0.0741 e. The smallest absolute Gasteiger partial charge is 0.0741 e. The molecule has 0 saturated heterocycles. The van der Waals surface area contributed by atoms with Crippen LogP contribution in [0.4, 0.5) is 34.1 Å². The number of thiophene rings is 1. The molecule has 11 aromatic rings. The van der Waals surface area contributed by atoms with Crippen molar-refractivity contribution >= 4 is 55.5 Å². The third-order valence-electron chi connectivity index (χ3n) is 13.7. The van der Waals surface area contributed by atoms with Crippen LogP contribution in [0.25, 0.3) is 53.9 Å². The predicted molar refractivity (Wildman–Crippen MR) is 278 cm³/mol. The second-order valence-electron chi connectivity index (χ2n) is 17.2. The molecule has 13 rings (SSSR count). The summed E-state index contributed by atoms with van der Waals surface area (Å²) in [6, 6.07) is 93.6. The molecule has 66 heavy (non-hydrogen) atoms. The maximum atomic E-state index is 2.52. The molecule has 0 N–H and O–H groups in total. The molecule has 0 saturated carbocycles. The largest absolute Gasteiger partial charge is 0.310 e. The van der Waals surface area contributed by atoms with E-state index in [4.69, 9.17) is 0 Å². The summed E-state index contributed by atoms with van der Waals surface area (Å²) in [5, 5.41) is 1.31. The Balaban J connectivity index is 1.09. The Bertz CT molecular complexity index is 3540. The number of nitrogens with zero attached hydrogens (tertiary/aromatic N) is 2. The third kappa shape index (κ3) is 5.87. The van der Waals surface area contributed by atoms with Crippen LogP contribution < -0.4 is 9.80 Å². The summed E-state index contributed by atoms with van der Waals surface area (Å²) >= 11 is 1.93. The summed E-state index contributed by atoms with van der Waals surface area (Å²) in [6.45, 7) is 0. The van der Waals surface area contributed by atoms with Gasteiger partial charge in [-0.2, -0.15) is 0 Å². The van der Waals surface area contributed by atoms with Gasteiger partial charge >= 0.3 is 0 Å². The van der Waals surface area contributed by atoms with E-state index < -0.39 is 5.41 Å². The van der Waals surface area contributed by atoms with Gasteiger partial charge in [0.15, 0.2) is 0 Å². The zero-order valence-electron chi connectivity index (χ0n) is 36.1. The second-order valence-corrected chi connectivity index (χ2v) is 18.2. The molecule has 0 amide bonds. The van der Waals surface area contributed by atoms with Crippen molar-refractivity contribution in [2.24, 2.45) is 0 Å². The highest BCUT2D eigenvalue weighted by Gasteiger charge is 2.54. The van der Waals surface area contributed by atoms with E-state index in [9.17, 15) is 0 Å². The van der Waals surface area contributed by atoms with Crippen molar-refractivity contribution in [3.63, 3.8) is 0 Å². The Kier molecular flexibility index (Phi) is 8.97. The zero-order chi connectivity index (χ0) is 43.6. The van der Waals surface area contributed by atoms with E-state index in [0.29, 0.717) is 0 Å². The molecule has 0 fully saturated rings. The van der Waals surface area contributed by atoms with Crippen LogP contribution in [0.15, 0.2) is 255 Å². The van der Waals surface area contributed by atoms with Crippen molar-refractivity contribution in [2.75, 3.05) is 9.80 Å². The zero-order valence-corrected chi connectivity index (χ0v) is 36.9. The van der Waals surface area contributed by atoms with Crippen LogP contribution in [0, 0.1) is 0 Å². The molecule has 2 nitrogen and oxygen atoms in total. The van der Waals surface area contributed by atoms with Crippen LogP contribution in [0.5, 0.6) is 0 Å². The fourth-order valence-corrected chi connectivity index (χ4v) is 12.2. The molecule has 0 bridgehead atoms. The van der Waals surface area contributed by atoms with Crippen molar-refractivity contribution < 1.29 is 0 Å². The van der Waals surface area contributed by atoms with Crippen LogP contribution in [-0.4, -0.2) is 0 Å². The van der Waals surface area contributed by atoms with E-state index >= 15 is 0 Å².